The van der Waals surface area contributed by atoms with Crippen LogP contribution in [0, 0.1) is 0 Å². The zero-order chi connectivity index (χ0) is 19.4. The lowest BCUT2D eigenvalue weighted by molar-refractivity contribution is -0.137. The SMILES string of the molecule is CNCC(=Cc1ccc(CCCC(=O)O)cc1)B1OC(C)(C)C(C)(C)O1. The van der Waals surface area contributed by atoms with E-state index in [0.29, 0.717) is 13.0 Å². The molecule has 1 heterocycles. The van der Waals surface area contributed by atoms with Crippen LogP contribution in [0.3, 0.4) is 0 Å². The Morgan fingerprint density at radius 3 is 2.23 bits per heavy atom. The molecule has 0 spiro atoms. The lowest BCUT2D eigenvalue weighted by atomic mass is 9.77. The van der Waals surface area contributed by atoms with Crippen LogP contribution in [-0.2, 0) is 20.5 Å². The highest BCUT2D eigenvalue weighted by Gasteiger charge is 2.52. The number of aliphatic carboxylic acids is 1. The van der Waals surface area contributed by atoms with Gasteiger partial charge in [-0.2, -0.15) is 0 Å². The van der Waals surface area contributed by atoms with Gasteiger partial charge in [0.05, 0.1) is 11.2 Å². The van der Waals surface area contributed by atoms with E-state index in [9.17, 15) is 4.79 Å². The van der Waals surface area contributed by atoms with E-state index in [1.807, 2.05) is 7.05 Å². The van der Waals surface area contributed by atoms with E-state index in [1.165, 1.54) is 0 Å². The number of nitrogens with one attached hydrogen (secondary N) is 1. The molecule has 1 fully saturated rings. The molecule has 0 atom stereocenters. The van der Waals surface area contributed by atoms with Crippen molar-refractivity contribution >= 4 is 19.2 Å². The Morgan fingerprint density at radius 1 is 1.15 bits per heavy atom. The Morgan fingerprint density at radius 2 is 1.73 bits per heavy atom. The molecule has 2 N–H and O–H groups in total. The predicted octanol–water partition coefficient (Wildman–Crippen LogP) is 3.33. The van der Waals surface area contributed by atoms with Crippen molar-refractivity contribution in [3.63, 3.8) is 0 Å². The Hall–Kier alpha value is -1.63. The summed E-state index contributed by atoms with van der Waals surface area (Å²) in [4.78, 5) is 10.6. The number of rotatable bonds is 8. The first-order valence-corrected chi connectivity index (χ1v) is 9.16. The van der Waals surface area contributed by atoms with Gasteiger partial charge in [0.2, 0.25) is 0 Å². The van der Waals surface area contributed by atoms with E-state index in [1.54, 1.807) is 0 Å². The maximum Gasteiger partial charge on any atom is 0.491 e. The predicted molar refractivity (Wildman–Crippen MR) is 105 cm³/mol. The minimum Gasteiger partial charge on any atom is -0.481 e. The third kappa shape index (κ3) is 5.19. The van der Waals surface area contributed by atoms with Gasteiger partial charge in [0.1, 0.15) is 0 Å². The molecule has 1 saturated heterocycles. The van der Waals surface area contributed by atoms with Crippen molar-refractivity contribution in [2.24, 2.45) is 0 Å². The lowest BCUT2D eigenvalue weighted by Gasteiger charge is -2.32. The minimum atomic E-state index is -0.747. The van der Waals surface area contributed by atoms with Gasteiger partial charge in [-0.15, -0.1) is 0 Å². The number of carboxylic acid groups (broad SMARTS) is 1. The van der Waals surface area contributed by atoms with Crippen LogP contribution in [0.5, 0.6) is 0 Å². The Bertz CT molecular complexity index is 636. The molecule has 5 nitrogen and oxygen atoms in total. The number of likely N-dealkylation sites (N-methyl/N-ethyl adjacent to an activating group) is 1. The summed E-state index contributed by atoms with van der Waals surface area (Å²) in [6.07, 6.45) is 3.73. The Labute approximate surface area is 156 Å². The summed E-state index contributed by atoms with van der Waals surface area (Å²) in [5.74, 6) is -0.747. The highest BCUT2D eigenvalue weighted by molar-refractivity contribution is 6.55. The smallest absolute Gasteiger partial charge is 0.481 e. The summed E-state index contributed by atoms with van der Waals surface area (Å²) in [5, 5.41) is 11.9. The molecular formula is C20H30BNO4. The van der Waals surface area contributed by atoms with Crippen molar-refractivity contribution in [2.75, 3.05) is 13.6 Å². The summed E-state index contributed by atoms with van der Waals surface area (Å²) >= 11 is 0. The monoisotopic (exact) mass is 359 g/mol. The van der Waals surface area contributed by atoms with Crippen molar-refractivity contribution in [2.45, 2.75) is 58.2 Å². The number of carboxylic acids is 1. The number of benzene rings is 1. The maximum absolute atomic E-state index is 10.6. The maximum atomic E-state index is 10.6. The van der Waals surface area contributed by atoms with Gasteiger partial charge >= 0.3 is 13.1 Å². The topological polar surface area (TPSA) is 67.8 Å². The second-order valence-corrected chi connectivity index (χ2v) is 7.83. The summed E-state index contributed by atoms with van der Waals surface area (Å²) in [5.41, 5.74) is 2.54. The molecule has 0 radical (unpaired) electrons. The molecule has 26 heavy (non-hydrogen) atoms. The first-order valence-electron chi connectivity index (χ1n) is 9.16. The highest BCUT2D eigenvalue weighted by atomic mass is 16.7. The van der Waals surface area contributed by atoms with Crippen LogP contribution in [-0.4, -0.2) is 43.0 Å². The average Bonchev–Trinajstić information content (AvgIpc) is 2.76. The van der Waals surface area contributed by atoms with E-state index in [4.69, 9.17) is 14.4 Å². The normalized spacial score (nSPS) is 19.0. The second kappa shape index (κ2) is 8.38. The van der Waals surface area contributed by atoms with E-state index in [2.05, 4.69) is 63.4 Å². The Kier molecular flexibility index (Phi) is 6.66. The number of aryl methyl sites for hydroxylation is 1. The van der Waals surface area contributed by atoms with Crippen LogP contribution in [0.1, 0.15) is 51.7 Å². The summed E-state index contributed by atoms with van der Waals surface area (Å²) < 4.78 is 12.3. The molecule has 1 aromatic rings. The standard InChI is InChI=1S/C20H30BNO4/c1-19(2)20(3,4)26-21(25-19)17(14-22-5)13-16-11-9-15(10-12-16)7-6-8-18(23)24/h9-13,22H,6-8,14H2,1-5H3,(H,23,24). The van der Waals surface area contributed by atoms with Crippen molar-refractivity contribution in [1.29, 1.82) is 0 Å². The third-order valence-corrected chi connectivity index (χ3v) is 5.12. The fourth-order valence-corrected chi connectivity index (χ4v) is 2.84. The molecule has 0 aliphatic carbocycles. The second-order valence-electron chi connectivity index (χ2n) is 7.83. The molecule has 6 heteroatoms. The van der Waals surface area contributed by atoms with Crippen LogP contribution in [0.25, 0.3) is 6.08 Å². The van der Waals surface area contributed by atoms with Gasteiger partial charge in [0.15, 0.2) is 0 Å². The van der Waals surface area contributed by atoms with Crippen molar-refractivity contribution < 1.29 is 19.2 Å². The molecule has 1 aliphatic heterocycles. The molecule has 2 rings (SSSR count). The van der Waals surface area contributed by atoms with E-state index < -0.39 is 5.97 Å². The molecule has 1 aromatic carbocycles. The average molecular weight is 359 g/mol. The van der Waals surface area contributed by atoms with Crippen LogP contribution < -0.4 is 5.32 Å². The van der Waals surface area contributed by atoms with E-state index >= 15 is 0 Å². The molecule has 0 saturated carbocycles. The molecule has 0 aromatic heterocycles. The largest absolute Gasteiger partial charge is 0.491 e. The fourth-order valence-electron chi connectivity index (χ4n) is 2.84. The quantitative estimate of drug-likeness (QED) is 0.697. The third-order valence-electron chi connectivity index (χ3n) is 5.12. The van der Waals surface area contributed by atoms with Gasteiger partial charge in [-0.1, -0.05) is 30.3 Å². The van der Waals surface area contributed by atoms with Gasteiger partial charge in [-0.25, -0.2) is 0 Å². The summed E-state index contributed by atoms with van der Waals surface area (Å²) in [7, 11) is 1.53. The van der Waals surface area contributed by atoms with Crippen LogP contribution in [0.2, 0.25) is 0 Å². The van der Waals surface area contributed by atoms with Gasteiger partial charge in [-0.3, -0.25) is 4.79 Å². The van der Waals surface area contributed by atoms with Gasteiger partial charge in [-0.05, 0) is 64.2 Å². The van der Waals surface area contributed by atoms with Crippen molar-refractivity contribution in [3.8, 4) is 0 Å². The molecule has 0 bridgehead atoms. The fraction of sp³-hybridized carbons (Fsp3) is 0.550. The zero-order valence-corrected chi connectivity index (χ0v) is 16.5. The van der Waals surface area contributed by atoms with Crippen LogP contribution in [0.4, 0.5) is 0 Å². The van der Waals surface area contributed by atoms with Gasteiger partial charge < -0.3 is 19.7 Å². The first-order chi connectivity index (χ1) is 12.1. The number of hydrogen-bond donors (Lipinski definition) is 2. The molecule has 0 unspecified atom stereocenters. The lowest BCUT2D eigenvalue weighted by Crippen LogP contribution is -2.41. The first kappa shape index (κ1) is 20.7. The minimum absolute atomic E-state index is 0.204. The zero-order valence-electron chi connectivity index (χ0n) is 16.5. The number of hydrogen-bond acceptors (Lipinski definition) is 4. The van der Waals surface area contributed by atoms with Crippen LogP contribution in [0.15, 0.2) is 29.7 Å². The van der Waals surface area contributed by atoms with Gasteiger partial charge in [0.25, 0.3) is 0 Å². The summed E-state index contributed by atoms with van der Waals surface area (Å²) in [6, 6.07) is 8.21. The Balaban J connectivity index is 2.10. The van der Waals surface area contributed by atoms with Crippen molar-refractivity contribution in [3.05, 3.63) is 40.9 Å². The van der Waals surface area contributed by atoms with Crippen LogP contribution >= 0.6 is 0 Å². The number of carbonyl (C=O) groups is 1. The molecule has 1 aliphatic rings. The molecule has 142 valence electrons. The van der Waals surface area contributed by atoms with E-state index in [-0.39, 0.29) is 24.7 Å². The van der Waals surface area contributed by atoms with E-state index in [0.717, 1.165) is 23.0 Å². The highest BCUT2D eigenvalue weighted by Crippen LogP contribution is 2.38. The van der Waals surface area contributed by atoms with Crippen molar-refractivity contribution in [1.82, 2.24) is 5.32 Å². The van der Waals surface area contributed by atoms with Gasteiger partial charge in [0, 0.05) is 13.0 Å². The summed E-state index contributed by atoms with van der Waals surface area (Å²) in [6.45, 7) is 8.88. The molecular weight excluding hydrogens is 329 g/mol. The molecule has 0 amide bonds.